The first-order valence-electron chi connectivity index (χ1n) is 9.36. The number of ether oxygens (including phenoxy) is 1. The van der Waals surface area contributed by atoms with Crippen LogP contribution in [0.2, 0.25) is 5.02 Å². The number of hydrogen-bond donors (Lipinski definition) is 1. The van der Waals surface area contributed by atoms with Crippen LogP contribution in [0.5, 0.6) is 5.88 Å². The zero-order valence-electron chi connectivity index (χ0n) is 16.2. The Kier molecular flexibility index (Phi) is 5.83. The Morgan fingerprint density at radius 1 is 1.30 bits per heavy atom. The Morgan fingerprint density at radius 3 is 2.80 bits per heavy atom. The number of methoxy groups -OCH3 is 1. The lowest BCUT2D eigenvalue weighted by Gasteiger charge is -2.13. The number of benzene rings is 1. The van der Waals surface area contributed by atoms with Crippen molar-refractivity contribution in [3.63, 3.8) is 0 Å². The van der Waals surface area contributed by atoms with Gasteiger partial charge in [-0.3, -0.25) is 14.0 Å². The van der Waals surface area contributed by atoms with Crippen LogP contribution in [0.15, 0.2) is 40.3 Å². The van der Waals surface area contributed by atoms with Crippen molar-refractivity contribution in [1.82, 2.24) is 19.3 Å². The number of nitrogens with zero attached hydrogens (tertiary/aromatic N) is 4. The molecule has 4 rings (SSSR count). The molecule has 0 atom stereocenters. The normalized spacial score (nSPS) is 13.1. The molecule has 30 heavy (non-hydrogen) atoms. The lowest BCUT2D eigenvalue weighted by molar-refractivity contribution is 0.0598. The number of carbonyl (C=O) groups is 1. The molecule has 0 radical (unpaired) electrons. The monoisotopic (exact) mass is 446 g/mol. The molecule has 1 N–H and O–H groups in total. The summed E-state index contributed by atoms with van der Waals surface area (Å²) in [6, 6.07) is 7.78. The van der Waals surface area contributed by atoms with Gasteiger partial charge in [-0.15, -0.1) is 0 Å². The summed E-state index contributed by atoms with van der Waals surface area (Å²) in [5, 5.41) is 15.3. The van der Waals surface area contributed by atoms with Crippen LogP contribution in [0, 0.1) is 0 Å². The van der Waals surface area contributed by atoms with Crippen molar-refractivity contribution < 1.29 is 14.6 Å². The standard InChI is InChI=1S/C20H19ClN4O4S/c1-29-19(28)18-14(23-24-9-3-2-4-15(18)24)11-30-20-22-16(26)10-17(27)25(20)13-7-5-12(21)6-8-13/h5-8,10,26H,2-4,9,11H2,1H3. The summed E-state index contributed by atoms with van der Waals surface area (Å²) in [5.74, 6) is -0.508. The number of aromatic nitrogens is 4. The number of esters is 1. The Bertz CT molecular complexity index is 1160. The van der Waals surface area contributed by atoms with Crippen LogP contribution in [0.3, 0.4) is 0 Å². The Hall–Kier alpha value is -2.78. The fraction of sp³-hybridized carbons (Fsp3) is 0.300. The van der Waals surface area contributed by atoms with E-state index >= 15 is 0 Å². The van der Waals surface area contributed by atoms with Gasteiger partial charge in [-0.1, -0.05) is 23.4 Å². The van der Waals surface area contributed by atoms with Crippen molar-refractivity contribution in [3.05, 3.63) is 62.7 Å². The van der Waals surface area contributed by atoms with E-state index in [0.717, 1.165) is 37.6 Å². The smallest absolute Gasteiger partial charge is 0.341 e. The van der Waals surface area contributed by atoms with Crippen LogP contribution in [0.25, 0.3) is 5.69 Å². The first-order valence-corrected chi connectivity index (χ1v) is 10.7. The molecule has 0 saturated carbocycles. The minimum atomic E-state index is -0.426. The highest BCUT2D eigenvalue weighted by molar-refractivity contribution is 7.98. The molecule has 1 aromatic carbocycles. The molecular formula is C20H19ClN4O4S. The molecule has 1 aliphatic heterocycles. The fourth-order valence-corrected chi connectivity index (χ4v) is 4.57. The Morgan fingerprint density at radius 2 is 2.07 bits per heavy atom. The minimum absolute atomic E-state index is 0.282. The van der Waals surface area contributed by atoms with Crippen molar-refractivity contribution in [2.45, 2.75) is 36.7 Å². The number of rotatable bonds is 5. The van der Waals surface area contributed by atoms with Crippen molar-refractivity contribution in [2.75, 3.05) is 7.11 Å². The van der Waals surface area contributed by atoms with E-state index in [1.54, 1.807) is 24.3 Å². The van der Waals surface area contributed by atoms with Crippen LogP contribution < -0.4 is 5.56 Å². The Labute approximate surface area is 181 Å². The van der Waals surface area contributed by atoms with Gasteiger partial charge >= 0.3 is 5.97 Å². The van der Waals surface area contributed by atoms with E-state index < -0.39 is 11.5 Å². The molecule has 3 heterocycles. The van der Waals surface area contributed by atoms with Gasteiger partial charge in [0.05, 0.1) is 30.3 Å². The third-order valence-electron chi connectivity index (χ3n) is 4.85. The topological polar surface area (TPSA) is 99.2 Å². The predicted octanol–water partition coefficient (Wildman–Crippen LogP) is 3.20. The van der Waals surface area contributed by atoms with E-state index in [4.69, 9.17) is 16.3 Å². The fourth-order valence-electron chi connectivity index (χ4n) is 3.49. The van der Waals surface area contributed by atoms with Gasteiger partial charge in [0.1, 0.15) is 5.56 Å². The van der Waals surface area contributed by atoms with E-state index in [1.807, 2.05) is 4.68 Å². The van der Waals surface area contributed by atoms with Crippen LogP contribution in [0.4, 0.5) is 0 Å². The van der Waals surface area contributed by atoms with Gasteiger partial charge in [0.25, 0.3) is 5.56 Å². The SMILES string of the molecule is COC(=O)c1c(CSc2nc(O)cc(=O)n2-c2ccc(Cl)cc2)nn2c1CCCC2. The minimum Gasteiger partial charge on any atom is -0.493 e. The average molecular weight is 447 g/mol. The van der Waals surface area contributed by atoms with Crippen LogP contribution in [-0.2, 0) is 23.5 Å². The molecule has 1 aliphatic rings. The van der Waals surface area contributed by atoms with Crippen molar-refractivity contribution >= 4 is 29.3 Å². The average Bonchev–Trinajstić information content (AvgIpc) is 3.10. The highest BCUT2D eigenvalue weighted by Gasteiger charge is 2.26. The number of halogens is 1. The van der Waals surface area contributed by atoms with Gasteiger partial charge in [-0.2, -0.15) is 10.1 Å². The van der Waals surface area contributed by atoms with E-state index in [0.29, 0.717) is 22.0 Å². The molecule has 2 aromatic heterocycles. The highest BCUT2D eigenvalue weighted by Crippen LogP contribution is 2.29. The first-order chi connectivity index (χ1) is 14.5. The van der Waals surface area contributed by atoms with Crippen LogP contribution in [-0.4, -0.2) is 37.5 Å². The lowest BCUT2D eigenvalue weighted by Crippen LogP contribution is -2.20. The second-order valence-electron chi connectivity index (χ2n) is 6.78. The zero-order valence-corrected chi connectivity index (χ0v) is 17.7. The van der Waals surface area contributed by atoms with Crippen LogP contribution >= 0.6 is 23.4 Å². The third kappa shape index (κ3) is 3.95. The van der Waals surface area contributed by atoms with Gasteiger partial charge < -0.3 is 9.84 Å². The van der Waals surface area contributed by atoms with E-state index in [2.05, 4.69) is 10.1 Å². The number of hydrogen-bond acceptors (Lipinski definition) is 7. The number of aryl methyl sites for hydroxylation is 1. The summed E-state index contributed by atoms with van der Waals surface area (Å²) in [6.45, 7) is 0.754. The van der Waals surface area contributed by atoms with E-state index in [1.165, 1.54) is 23.4 Å². The van der Waals surface area contributed by atoms with Gasteiger partial charge in [0.15, 0.2) is 5.16 Å². The molecule has 10 heteroatoms. The van der Waals surface area contributed by atoms with E-state index in [9.17, 15) is 14.7 Å². The molecule has 0 saturated heterocycles. The maximum Gasteiger partial charge on any atom is 0.341 e. The van der Waals surface area contributed by atoms with Gasteiger partial charge in [-0.25, -0.2) is 4.79 Å². The summed E-state index contributed by atoms with van der Waals surface area (Å²) in [7, 11) is 1.35. The molecule has 0 fully saturated rings. The molecule has 0 amide bonds. The first kappa shape index (κ1) is 20.5. The van der Waals surface area contributed by atoms with Crippen molar-refractivity contribution in [3.8, 4) is 11.6 Å². The number of carbonyl (C=O) groups excluding carboxylic acids is 1. The van der Waals surface area contributed by atoms with Gasteiger partial charge in [-0.05, 0) is 43.5 Å². The summed E-state index contributed by atoms with van der Waals surface area (Å²) in [6.07, 6.45) is 2.76. The van der Waals surface area contributed by atoms with Gasteiger partial charge in [0, 0.05) is 17.3 Å². The quantitative estimate of drug-likeness (QED) is 0.365. The van der Waals surface area contributed by atoms with Crippen molar-refractivity contribution in [1.29, 1.82) is 0 Å². The van der Waals surface area contributed by atoms with Gasteiger partial charge in [0.2, 0.25) is 5.88 Å². The molecule has 0 bridgehead atoms. The maximum absolute atomic E-state index is 12.6. The molecule has 0 spiro atoms. The second kappa shape index (κ2) is 8.53. The third-order valence-corrected chi connectivity index (χ3v) is 6.05. The Balaban J connectivity index is 1.71. The summed E-state index contributed by atoms with van der Waals surface area (Å²) >= 11 is 7.16. The summed E-state index contributed by atoms with van der Waals surface area (Å²) < 4.78 is 8.21. The molecular weight excluding hydrogens is 428 g/mol. The second-order valence-corrected chi connectivity index (χ2v) is 8.15. The molecule has 0 unspecified atom stereocenters. The molecule has 0 aliphatic carbocycles. The van der Waals surface area contributed by atoms with Crippen molar-refractivity contribution in [2.24, 2.45) is 0 Å². The summed E-state index contributed by atoms with van der Waals surface area (Å²) in [5.41, 5.74) is 2.07. The maximum atomic E-state index is 12.6. The molecule has 8 nitrogen and oxygen atoms in total. The predicted molar refractivity (Wildman–Crippen MR) is 113 cm³/mol. The van der Waals surface area contributed by atoms with Crippen LogP contribution in [0.1, 0.15) is 34.6 Å². The highest BCUT2D eigenvalue weighted by atomic mass is 35.5. The largest absolute Gasteiger partial charge is 0.493 e. The summed E-state index contributed by atoms with van der Waals surface area (Å²) in [4.78, 5) is 29.1. The molecule has 3 aromatic rings. The molecule has 156 valence electrons. The number of aromatic hydroxyl groups is 1. The van der Waals surface area contributed by atoms with E-state index in [-0.39, 0.29) is 16.8 Å². The number of fused-ring (bicyclic) bond motifs is 1. The number of thioether (sulfide) groups is 1. The lowest BCUT2D eigenvalue weighted by atomic mass is 10.1. The zero-order chi connectivity index (χ0) is 21.3.